The third-order valence-electron chi connectivity index (χ3n) is 2.26. The summed E-state index contributed by atoms with van der Waals surface area (Å²) in [7, 11) is 0. The third-order valence-corrected chi connectivity index (χ3v) is 3.31. The number of dihydropyridines is 1. The van der Waals surface area contributed by atoms with E-state index in [1.807, 2.05) is 18.0 Å². The van der Waals surface area contributed by atoms with Gasteiger partial charge in [0.1, 0.15) is 0 Å². The molecule has 78 valence electrons. The van der Waals surface area contributed by atoms with E-state index in [9.17, 15) is 0 Å². The molecule has 1 aliphatic heterocycles. The van der Waals surface area contributed by atoms with Crippen LogP contribution in [0, 0.1) is 0 Å². The molecule has 0 unspecified atom stereocenters. The highest BCUT2D eigenvalue weighted by Crippen LogP contribution is 2.15. The van der Waals surface area contributed by atoms with Gasteiger partial charge in [-0.15, -0.1) is 0 Å². The molecule has 0 saturated carbocycles. The van der Waals surface area contributed by atoms with Gasteiger partial charge in [-0.2, -0.15) is 11.8 Å². The standard InChI is InChI=1S/C13H15NS/c1-2-6-12(7-3-1)10-15-11-13-8-4-5-9-14-13/h1-3,5-9,14H,4,10-11H2. The quantitative estimate of drug-likeness (QED) is 0.830. The molecule has 0 bridgehead atoms. The molecule has 1 heterocycles. The first kappa shape index (κ1) is 10.4. The Morgan fingerprint density at radius 2 is 2.00 bits per heavy atom. The topological polar surface area (TPSA) is 12.0 Å². The van der Waals surface area contributed by atoms with E-state index in [0.29, 0.717) is 0 Å². The van der Waals surface area contributed by atoms with Gasteiger partial charge in [-0.3, -0.25) is 0 Å². The summed E-state index contributed by atoms with van der Waals surface area (Å²) in [5.74, 6) is 2.16. The van der Waals surface area contributed by atoms with E-state index in [1.54, 1.807) is 0 Å². The van der Waals surface area contributed by atoms with Crippen LogP contribution in [-0.2, 0) is 5.75 Å². The zero-order valence-electron chi connectivity index (χ0n) is 8.65. The number of hydrogen-bond acceptors (Lipinski definition) is 2. The number of hydrogen-bond donors (Lipinski definition) is 1. The van der Waals surface area contributed by atoms with Crippen molar-refractivity contribution in [1.82, 2.24) is 5.32 Å². The first-order valence-corrected chi connectivity index (χ1v) is 6.33. The van der Waals surface area contributed by atoms with Crippen LogP contribution in [0.5, 0.6) is 0 Å². The predicted octanol–water partition coefficient (Wildman–Crippen LogP) is 3.31. The highest BCUT2D eigenvalue weighted by molar-refractivity contribution is 7.98. The largest absolute Gasteiger partial charge is 0.365 e. The van der Waals surface area contributed by atoms with Gasteiger partial charge >= 0.3 is 0 Å². The van der Waals surface area contributed by atoms with E-state index in [-0.39, 0.29) is 0 Å². The number of allylic oxidation sites excluding steroid dienone is 2. The fourth-order valence-corrected chi connectivity index (χ4v) is 2.41. The van der Waals surface area contributed by atoms with E-state index < -0.39 is 0 Å². The van der Waals surface area contributed by atoms with Crippen molar-refractivity contribution in [1.29, 1.82) is 0 Å². The minimum atomic E-state index is 1.06. The smallest absolute Gasteiger partial charge is 0.0336 e. The minimum absolute atomic E-state index is 1.06. The fraction of sp³-hybridized carbons (Fsp3) is 0.231. The lowest BCUT2D eigenvalue weighted by Gasteiger charge is -2.10. The Kier molecular flexibility index (Phi) is 3.92. The average Bonchev–Trinajstić information content (AvgIpc) is 2.32. The molecule has 1 aromatic carbocycles. The summed E-state index contributed by atoms with van der Waals surface area (Å²) in [4.78, 5) is 0. The molecule has 1 nitrogen and oxygen atoms in total. The van der Waals surface area contributed by atoms with Gasteiger partial charge in [0, 0.05) is 17.2 Å². The van der Waals surface area contributed by atoms with E-state index in [1.165, 1.54) is 11.3 Å². The van der Waals surface area contributed by atoms with Crippen LogP contribution < -0.4 is 5.32 Å². The lowest BCUT2D eigenvalue weighted by atomic mass is 10.2. The number of benzene rings is 1. The van der Waals surface area contributed by atoms with Crippen LogP contribution in [0.3, 0.4) is 0 Å². The Labute approximate surface area is 95.3 Å². The van der Waals surface area contributed by atoms with E-state index >= 15 is 0 Å². The first-order chi connectivity index (χ1) is 7.45. The molecule has 2 rings (SSSR count). The molecule has 0 fully saturated rings. The molecule has 0 atom stereocenters. The maximum Gasteiger partial charge on any atom is 0.0336 e. The molecular weight excluding hydrogens is 202 g/mol. The zero-order chi connectivity index (χ0) is 10.3. The van der Waals surface area contributed by atoms with Crippen molar-refractivity contribution in [3.05, 3.63) is 59.9 Å². The van der Waals surface area contributed by atoms with Crippen molar-refractivity contribution in [3.63, 3.8) is 0 Å². The number of nitrogens with one attached hydrogen (secondary N) is 1. The van der Waals surface area contributed by atoms with Gasteiger partial charge in [-0.05, 0) is 18.2 Å². The van der Waals surface area contributed by atoms with Crippen LogP contribution in [0.2, 0.25) is 0 Å². The monoisotopic (exact) mass is 217 g/mol. The maximum absolute atomic E-state index is 3.27. The lowest BCUT2D eigenvalue weighted by Crippen LogP contribution is -2.09. The molecule has 0 radical (unpaired) electrons. The van der Waals surface area contributed by atoms with Crippen LogP contribution in [0.15, 0.2) is 54.4 Å². The molecule has 0 amide bonds. The molecule has 15 heavy (non-hydrogen) atoms. The van der Waals surface area contributed by atoms with Crippen LogP contribution in [-0.4, -0.2) is 5.75 Å². The summed E-state index contributed by atoms with van der Waals surface area (Å²) < 4.78 is 0. The molecule has 0 saturated heterocycles. The van der Waals surface area contributed by atoms with Gasteiger partial charge in [-0.25, -0.2) is 0 Å². The van der Waals surface area contributed by atoms with Crippen molar-refractivity contribution in [2.45, 2.75) is 12.2 Å². The second kappa shape index (κ2) is 5.66. The molecule has 1 aliphatic rings. The summed E-state index contributed by atoms with van der Waals surface area (Å²) in [5.41, 5.74) is 2.73. The van der Waals surface area contributed by atoms with Crippen LogP contribution in [0.25, 0.3) is 0 Å². The fourth-order valence-electron chi connectivity index (χ4n) is 1.46. The summed E-state index contributed by atoms with van der Waals surface area (Å²) in [5, 5.41) is 3.27. The molecule has 0 spiro atoms. The Bertz CT molecular complexity index is 354. The predicted molar refractivity (Wildman–Crippen MR) is 67.6 cm³/mol. The highest BCUT2D eigenvalue weighted by atomic mass is 32.2. The van der Waals surface area contributed by atoms with Gasteiger partial charge in [0.2, 0.25) is 0 Å². The minimum Gasteiger partial charge on any atom is -0.365 e. The Morgan fingerprint density at radius 3 is 2.73 bits per heavy atom. The average molecular weight is 217 g/mol. The van der Waals surface area contributed by atoms with Gasteiger partial charge in [-0.1, -0.05) is 42.5 Å². The maximum atomic E-state index is 3.27. The molecule has 1 N–H and O–H groups in total. The number of thioether (sulfide) groups is 1. The molecule has 0 aromatic heterocycles. The van der Waals surface area contributed by atoms with Crippen molar-refractivity contribution in [3.8, 4) is 0 Å². The summed E-state index contributed by atoms with van der Waals surface area (Å²) in [6.45, 7) is 0. The van der Waals surface area contributed by atoms with Gasteiger partial charge in [0.15, 0.2) is 0 Å². The van der Waals surface area contributed by atoms with Gasteiger partial charge < -0.3 is 5.32 Å². The van der Waals surface area contributed by atoms with E-state index in [4.69, 9.17) is 0 Å². The van der Waals surface area contributed by atoms with E-state index in [0.717, 1.165) is 17.9 Å². The summed E-state index contributed by atoms with van der Waals surface area (Å²) in [6.07, 6.45) is 7.47. The second-order valence-electron chi connectivity index (χ2n) is 3.49. The van der Waals surface area contributed by atoms with Crippen molar-refractivity contribution in [2.24, 2.45) is 0 Å². The first-order valence-electron chi connectivity index (χ1n) is 5.17. The Hall–Kier alpha value is -1.15. The van der Waals surface area contributed by atoms with E-state index in [2.05, 4.69) is 47.8 Å². The third kappa shape index (κ3) is 3.48. The Balaban J connectivity index is 1.73. The highest BCUT2D eigenvalue weighted by Gasteiger charge is 1.98. The van der Waals surface area contributed by atoms with Crippen molar-refractivity contribution in [2.75, 3.05) is 5.75 Å². The van der Waals surface area contributed by atoms with Crippen molar-refractivity contribution < 1.29 is 0 Å². The lowest BCUT2D eigenvalue weighted by molar-refractivity contribution is 1.01. The van der Waals surface area contributed by atoms with Crippen molar-refractivity contribution >= 4 is 11.8 Å². The SMILES string of the molecule is C1=CNC(CSCc2ccccc2)=CC1. The second-order valence-corrected chi connectivity index (χ2v) is 4.48. The molecule has 1 aromatic rings. The normalized spacial score (nSPS) is 14.5. The Morgan fingerprint density at radius 1 is 1.13 bits per heavy atom. The molecular formula is C13H15NS. The summed E-state index contributed by atoms with van der Waals surface area (Å²) >= 11 is 1.95. The molecule has 0 aliphatic carbocycles. The van der Waals surface area contributed by atoms with Gasteiger partial charge in [0.25, 0.3) is 0 Å². The summed E-state index contributed by atoms with van der Waals surface area (Å²) in [6, 6.07) is 10.6. The van der Waals surface area contributed by atoms with Crippen LogP contribution in [0.1, 0.15) is 12.0 Å². The number of rotatable bonds is 4. The zero-order valence-corrected chi connectivity index (χ0v) is 9.46. The molecule has 2 heteroatoms. The van der Waals surface area contributed by atoms with Crippen LogP contribution >= 0.6 is 11.8 Å². The van der Waals surface area contributed by atoms with Crippen LogP contribution in [0.4, 0.5) is 0 Å². The van der Waals surface area contributed by atoms with Gasteiger partial charge in [0.05, 0.1) is 0 Å².